The molecule has 5 nitrogen and oxygen atoms in total. The lowest BCUT2D eigenvalue weighted by molar-refractivity contribution is 0.0498. The zero-order valence-electron chi connectivity index (χ0n) is 13.2. The second-order valence-electron chi connectivity index (χ2n) is 6.36. The summed E-state index contributed by atoms with van der Waals surface area (Å²) in [5, 5.41) is 1.78. The molecule has 2 aliphatic heterocycles. The largest absolute Gasteiger partial charge is 0.485 e. The fourth-order valence-electron chi connectivity index (χ4n) is 3.42. The van der Waals surface area contributed by atoms with Crippen molar-refractivity contribution in [1.29, 1.82) is 0 Å². The smallest absolute Gasteiger partial charge is 0.252 e. The molecule has 0 amide bonds. The Morgan fingerprint density at radius 2 is 2.04 bits per heavy atom. The van der Waals surface area contributed by atoms with E-state index < -0.39 is 15.6 Å². The van der Waals surface area contributed by atoms with Crippen LogP contribution in [0.25, 0.3) is 0 Å². The molecule has 0 saturated carbocycles. The van der Waals surface area contributed by atoms with Crippen LogP contribution in [-0.2, 0) is 10.0 Å². The Labute approximate surface area is 144 Å². The van der Waals surface area contributed by atoms with Crippen molar-refractivity contribution >= 4 is 27.1 Å². The van der Waals surface area contributed by atoms with Gasteiger partial charge < -0.3 is 4.74 Å². The molecule has 1 saturated heterocycles. The molecular formula is C17H17NO4S2. The van der Waals surface area contributed by atoms with E-state index in [0.29, 0.717) is 28.5 Å². The van der Waals surface area contributed by atoms with E-state index in [9.17, 15) is 13.2 Å². The van der Waals surface area contributed by atoms with Crippen LogP contribution in [0.1, 0.15) is 28.8 Å². The van der Waals surface area contributed by atoms with Crippen molar-refractivity contribution in [1.82, 2.24) is 4.31 Å². The summed E-state index contributed by atoms with van der Waals surface area (Å²) in [5.74, 6) is 0.573. The van der Waals surface area contributed by atoms with E-state index in [1.165, 1.54) is 15.6 Å². The SMILES string of the molecule is Cc1ccsc1S(=O)(=O)N1CCC2(CC(=O)c3ccccc3O2)C1. The van der Waals surface area contributed by atoms with Gasteiger partial charge >= 0.3 is 0 Å². The molecule has 4 rings (SSSR count). The number of thiophene rings is 1. The molecule has 1 spiro atoms. The number of rotatable bonds is 2. The molecule has 0 N–H and O–H groups in total. The van der Waals surface area contributed by atoms with Gasteiger partial charge in [0.2, 0.25) is 0 Å². The number of sulfonamides is 1. The third-order valence-electron chi connectivity index (χ3n) is 4.67. The summed E-state index contributed by atoms with van der Waals surface area (Å²) in [7, 11) is -3.54. The van der Waals surface area contributed by atoms with Gasteiger partial charge in [-0.05, 0) is 36.1 Å². The van der Waals surface area contributed by atoms with Crippen molar-refractivity contribution in [3.63, 3.8) is 0 Å². The van der Waals surface area contributed by atoms with Crippen molar-refractivity contribution in [2.75, 3.05) is 13.1 Å². The van der Waals surface area contributed by atoms with E-state index in [1.54, 1.807) is 30.5 Å². The van der Waals surface area contributed by atoms with Crippen molar-refractivity contribution in [2.45, 2.75) is 29.6 Å². The highest BCUT2D eigenvalue weighted by atomic mass is 32.2. The molecular weight excluding hydrogens is 346 g/mol. The molecule has 0 radical (unpaired) electrons. The normalized spacial score (nSPS) is 24.1. The molecule has 126 valence electrons. The topological polar surface area (TPSA) is 63.7 Å². The Hall–Kier alpha value is -1.70. The lowest BCUT2D eigenvalue weighted by Gasteiger charge is -2.34. The molecule has 0 bridgehead atoms. The standard InChI is InChI=1S/C17H17NO4S2/c1-12-6-9-23-16(12)24(20,21)18-8-7-17(11-18)10-14(19)13-4-2-3-5-15(13)22-17/h2-6,9H,7-8,10-11H2,1H3. The highest BCUT2D eigenvalue weighted by molar-refractivity contribution is 7.91. The molecule has 1 atom stereocenters. The number of ether oxygens (including phenoxy) is 1. The molecule has 3 heterocycles. The molecule has 1 unspecified atom stereocenters. The van der Waals surface area contributed by atoms with E-state index in [2.05, 4.69) is 0 Å². The average Bonchev–Trinajstić information content (AvgIpc) is 3.15. The number of benzene rings is 1. The third-order valence-corrected chi connectivity index (χ3v) is 8.18. The number of carbonyl (C=O) groups excluding carboxylic acids is 1. The first-order valence-corrected chi connectivity index (χ1v) is 10.1. The molecule has 0 aliphatic carbocycles. The van der Waals surface area contributed by atoms with Crippen LogP contribution in [0.2, 0.25) is 0 Å². The Kier molecular flexibility index (Phi) is 3.56. The van der Waals surface area contributed by atoms with Gasteiger partial charge in [-0.15, -0.1) is 11.3 Å². The third kappa shape index (κ3) is 2.39. The van der Waals surface area contributed by atoms with Gasteiger partial charge in [-0.2, -0.15) is 4.31 Å². The summed E-state index contributed by atoms with van der Waals surface area (Å²) >= 11 is 1.23. The maximum absolute atomic E-state index is 12.9. The van der Waals surface area contributed by atoms with E-state index >= 15 is 0 Å². The first-order valence-electron chi connectivity index (χ1n) is 7.77. The monoisotopic (exact) mass is 363 g/mol. The van der Waals surface area contributed by atoms with Crippen molar-refractivity contribution in [3.05, 3.63) is 46.8 Å². The molecule has 1 fully saturated rings. The lowest BCUT2D eigenvalue weighted by Crippen LogP contribution is -2.45. The minimum atomic E-state index is -3.54. The van der Waals surface area contributed by atoms with Crippen molar-refractivity contribution < 1.29 is 17.9 Å². The van der Waals surface area contributed by atoms with Crippen LogP contribution in [0.3, 0.4) is 0 Å². The summed E-state index contributed by atoms with van der Waals surface area (Å²) in [6, 6.07) is 8.96. The van der Waals surface area contributed by atoms with Gasteiger partial charge in [0.25, 0.3) is 10.0 Å². The van der Waals surface area contributed by atoms with Crippen LogP contribution in [-0.4, -0.2) is 37.2 Å². The van der Waals surface area contributed by atoms with E-state index in [1.807, 2.05) is 12.1 Å². The quantitative estimate of drug-likeness (QED) is 0.823. The number of ketones is 1. The second-order valence-corrected chi connectivity index (χ2v) is 9.41. The van der Waals surface area contributed by atoms with E-state index in [4.69, 9.17) is 4.74 Å². The zero-order valence-corrected chi connectivity index (χ0v) is 14.8. The van der Waals surface area contributed by atoms with Gasteiger partial charge in [0.1, 0.15) is 15.6 Å². The molecule has 7 heteroatoms. The first-order chi connectivity index (χ1) is 11.4. The van der Waals surface area contributed by atoms with Gasteiger partial charge in [0.05, 0.1) is 18.5 Å². The fraction of sp³-hybridized carbons (Fsp3) is 0.353. The Bertz CT molecular complexity index is 918. The lowest BCUT2D eigenvalue weighted by atomic mass is 9.89. The second kappa shape index (κ2) is 5.40. The molecule has 2 aliphatic rings. The molecule has 1 aromatic heterocycles. The summed E-state index contributed by atoms with van der Waals surface area (Å²) in [5.41, 5.74) is 0.592. The minimum Gasteiger partial charge on any atom is -0.485 e. The van der Waals surface area contributed by atoms with Gasteiger partial charge in [-0.3, -0.25) is 4.79 Å². The maximum Gasteiger partial charge on any atom is 0.252 e. The fourth-order valence-corrected chi connectivity index (χ4v) is 6.49. The number of fused-ring (bicyclic) bond motifs is 1. The number of carbonyl (C=O) groups is 1. The van der Waals surface area contributed by atoms with E-state index in [0.717, 1.165) is 5.56 Å². The van der Waals surface area contributed by atoms with Crippen molar-refractivity contribution in [3.8, 4) is 5.75 Å². The predicted octanol–water partition coefficient (Wildman–Crippen LogP) is 2.86. The summed E-state index contributed by atoms with van der Waals surface area (Å²) in [4.78, 5) is 12.4. The molecule has 1 aromatic carbocycles. The highest BCUT2D eigenvalue weighted by Crippen LogP contribution is 2.40. The van der Waals surface area contributed by atoms with Crippen molar-refractivity contribution in [2.24, 2.45) is 0 Å². The number of hydrogen-bond donors (Lipinski definition) is 0. The van der Waals surface area contributed by atoms with Gasteiger partial charge in [0.15, 0.2) is 5.78 Å². The Morgan fingerprint density at radius 1 is 1.25 bits per heavy atom. The maximum atomic E-state index is 12.9. The van der Waals surface area contributed by atoms with Crippen LogP contribution >= 0.6 is 11.3 Å². The molecule has 24 heavy (non-hydrogen) atoms. The van der Waals surface area contributed by atoms with Crippen LogP contribution in [0.15, 0.2) is 39.9 Å². The van der Waals surface area contributed by atoms with Crippen LogP contribution in [0.4, 0.5) is 0 Å². The number of para-hydroxylation sites is 1. The number of Topliss-reactive ketones (excluding diaryl/α,β-unsaturated/α-hetero) is 1. The summed E-state index contributed by atoms with van der Waals surface area (Å²) < 4.78 is 33.7. The minimum absolute atomic E-state index is 0.0170. The van der Waals surface area contributed by atoms with Gasteiger partial charge in [-0.1, -0.05) is 12.1 Å². The highest BCUT2D eigenvalue weighted by Gasteiger charge is 2.49. The number of nitrogens with zero attached hydrogens (tertiary/aromatic N) is 1. The number of aryl methyl sites for hydroxylation is 1. The zero-order chi connectivity index (χ0) is 16.9. The molecule has 2 aromatic rings. The predicted molar refractivity (Wildman–Crippen MR) is 91.2 cm³/mol. The Balaban J connectivity index is 1.64. The Morgan fingerprint density at radius 3 is 2.79 bits per heavy atom. The first kappa shape index (κ1) is 15.8. The average molecular weight is 363 g/mol. The van der Waals surface area contributed by atoms with Crippen LogP contribution in [0.5, 0.6) is 5.75 Å². The van der Waals surface area contributed by atoms with Gasteiger partial charge in [-0.25, -0.2) is 8.42 Å². The summed E-state index contributed by atoms with van der Waals surface area (Å²) in [6.45, 7) is 2.38. The van der Waals surface area contributed by atoms with Crippen LogP contribution in [0, 0.1) is 6.92 Å². The number of hydrogen-bond acceptors (Lipinski definition) is 5. The van der Waals surface area contributed by atoms with E-state index in [-0.39, 0.29) is 18.7 Å². The van der Waals surface area contributed by atoms with Crippen LogP contribution < -0.4 is 4.74 Å². The summed E-state index contributed by atoms with van der Waals surface area (Å²) in [6.07, 6.45) is 0.746. The van der Waals surface area contributed by atoms with Gasteiger partial charge in [0, 0.05) is 13.0 Å².